The van der Waals surface area contributed by atoms with E-state index in [-0.39, 0.29) is 24.7 Å². The molecule has 11 heteroatoms. The minimum atomic E-state index is -4.92. The van der Waals surface area contributed by atoms with Crippen molar-refractivity contribution in [2.24, 2.45) is 0 Å². The van der Waals surface area contributed by atoms with Crippen molar-refractivity contribution in [2.75, 3.05) is 20.5 Å². The van der Waals surface area contributed by atoms with E-state index in [0.29, 0.717) is 10.0 Å². The van der Waals surface area contributed by atoms with Gasteiger partial charge in [-0.15, -0.1) is 0 Å². The van der Waals surface area contributed by atoms with Crippen molar-refractivity contribution in [1.29, 1.82) is 0 Å². The molecule has 0 aromatic heterocycles. The number of nitrogens with one attached hydrogen (secondary N) is 1. The Morgan fingerprint density at radius 1 is 1.09 bits per heavy atom. The van der Waals surface area contributed by atoms with Crippen LogP contribution in [0.1, 0.15) is 38.8 Å². The summed E-state index contributed by atoms with van der Waals surface area (Å²) in [4.78, 5) is 12.3. The molecular formula is C24H27BrF5NO4. The van der Waals surface area contributed by atoms with E-state index in [1.165, 1.54) is 20.1 Å². The summed E-state index contributed by atoms with van der Waals surface area (Å²) in [6.07, 6.45) is -5.49. The number of hydrogen-bond donors (Lipinski definition) is 1. The number of hydrogen-bond acceptors (Lipinski definition) is 5. The first kappa shape index (κ1) is 29.0. The molecule has 0 radical (unpaired) electrons. The molecule has 2 atom stereocenters. The van der Waals surface area contributed by atoms with Gasteiger partial charge in [0, 0.05) is 29.1 Å². The average molecular weight is 568 g/mol. The van der Waals surface area contributed by atoms with Crippen molar-refractivity contribution in [3.8, 4) is 16.9 Å². The first-order valence-corrected chi connectivity index (χ1v) is 11.5. The van der Waals surface area contributed by atoms with Gasteiger partial charge < -0.3 is 14.2 Å². The van der Waals surface area contributed by atoms with Crippen LogP contribution in [0.25, 0.3) is 11.1 Å². The van der Waals surface area contributed by atoms with E-state index in [0.717, 1.165) is 26.0 Å². The van der Waals surface area contributed by atoms with Gasteiger partial charge >= 0.3 is 12.1 Å². The van der Waals surface area contributed by atoms with Crippen LogP contribution in [0.2, 0.25) is 0 Å². The number of carbonyl (C=O) groups is 1. The molecule has 2 aromatic carbocycles. The van der Waals surface area contributed by atoms with E-state index in [2.05, 4.69) is 21.2 Å². The number of halogens is 6. The van der Waals surface area contributed by atoms with Crippen molar-refractivity contribution in [3.05, 3.63) is 52.3 Å². The van der Waals surface area contributed by atoms with Gasteiger partial charge in [-0.1, -0.05) is 28.1 Å². The standard InChI is InChI=1S/C24H27BrF5NO4/c1-5-34-22(32)19(12-23(2,3)27)31-21(24(28,29)30)14-6-8-16(18(26)10-14)17-11-15(25)7-9-20(17)35-13-33-4/h6-11,19,21,31H,5,12-13H2,1-4H3. The predicted octanol–water partition coefficient (Wildman–Crippen LogP) is 6.50. The highest BCUT2D eigenvalue weighted by atomic mass is 79.9. The van der Waals surface area contributed by atoms with Crippen LogP contribution < -0.4 is 10.1 Å². The minimum Gasteiger partial charge on any atom is -0.467 e. The average Bonchev–Trinajstić information content (AvgIpc) is 2.74. The third kappa shape index (κ3) is 8.43. The van der Waals surface area contributed by atoms with Gasteiger partial charge in [-0.2, -0.15) is 13.2 Å². The van der Waals surface area contributed by atoms with Gasteiger partial charge in [0.15, 0.2) is 6.79 Å². The molecule has 0 fully saturated rings. The lowest BCUT2D eigenvalue weighted by atomic mass is 9.96. The molecule has 2 unspecified atom stereocenters. The topological polar surface area (TPSA) is 56.8 Å². The molecule has 0 bridgehead atoms. The van der Waals surface area contributed by atoms with Gasteiger partial charge in [-0.25, -0.2) is 8.78 Å². The summed E-state index contributed by atoms with van der Waals surface area (Å²) in [6.45, 7) is 3.55. The summed E-state index contributed by atoms with van der Waals surface area (Å²) in [5.74, 6) is -1.71. The van der Waals surface area contributed by atoms with Crippen molar-refractivity contribution in [2.45, 2.75) is 51.1 Å². The Kier molecular flexibility index (Phi) is 10.1. The second kappa shape index (κ2) is 12.1. The SMILES string of the molecule is CCOC(=O)C(CC(C)(C)F)NC(c1ccc(-c2cc(Br)ccc2OCOC)c(F)c1)C(F)(F)F. The van der Waals surface area contributed by atoms with Crippen molar-refractivity contribution >= 4 is 21.9 Å². The fourth-order valence-electron chi connectivity index (χ4n) is 3.41. The van der Waals surface area contributed by atoms with E-state index >= 15 is 4.39 Å². The molecule has 0 aliphatic carbocycles. The van der Waals surface area contributed by atoms with Crippen LogP contribution >= 0.6 is 15.9 Å². The summed E-state index contributed by atoms with van der Waals surface area (Å²) in [6, 6.07) is 3.73. The van der Waals surface area contributed by atoms with Crippen LogP contribution in [0.5, 0.6) is 5.75 Å². The number of ether oxygens (including phenoxy) is 3. The number of methoxy groups -OCH3 is 1. The zero-order chi connectivity index (χ0) is 26.4. The summed E-state index contributed by atoms with van der Waals surface area (Å²) in [7, 11) is 1.41. The lowest BCUT2D eigenvalue weighted by Gasteiger charge is -2.29. The van der Waals surface area contributed by atoms with Crippen molar-refractivity contribution in [3.63, 3.8) is 0 Å². The summed E-state index contributed by atoms with van der Waals surface area (Å²) in [5.41, 5.74) is -2.16. The minimum absolute atomic E-state index is 0.00564. The van der Waals surface area contributed by atoms with Crippen molar-refractivity contribution in [1.82, 2.24) is 5.32 Å². The second-order valence-corrected chi connectivity index (χ2v) is 9.22. The Hall–Kier alpha value is -2.24. The van der Waals surface area contributed by atoms with Gasteiger partial charge in [-0.05, 0) is 50.6 Å². The smallest absolute Gasteiger partial charge is 0.407 e. The monoisotopic (exact) mass is 567 g/mol. The normalized spacial score (nSPS) is 13.9. The van der Waals surface area contributed by atoms with Gasteiger partial charge in [0.1, 0.15) is 29.3 Å². The number of benzene rings is 2. The Morgan fingerprint density at radius 3 is 2.31 bits per heavy atom. The highest BCUT2D eigenvalue weighted by Crippen LogP contribution is 2.38. The molecule has 1 N–H and O–H groups in total. The fraction of sp³-hybridized carbons (Fsp3) is 0.458. The third-order valence-corrected chi connectivity index (χ3v) is 5.34. The van der Waals surface area contributed by atoms with E-state index in [4.69, 9.17) is 14.2 Å². The van der Waals surface area contributed by atoms with Crippen LogP contribution in [0.3, 0.4) is 0 Å². The highest BCUT2D eigenvalue weighted by Gasteiger charge is 2.44. The molecule has 0 saturated heterocycles. The molecule has 35 heavy (non-hydrogen) atoms. The first-order valence-electron chi connectivity index (χ1n) is 10.7. The molecule has 194 valence electrons. The third-order valence-electron chi connectivity index (χ3n) is 4.85. The van der Waals surface area contributed by atoms with Crippen LogP contribution in [0.15, 0.2) is 40.9 Å². The van der Waals surface area contributed by atoms with Gasteiger partial charge in [0.2, 0.25) is 0 Å². The number of esters is 1. The number of carbonyl (C=O) groups excluding carboxylic acids is 1. The first-order chi connectivity index (χ1) is 16.3. The molecule has 0 spiro atoms. The molecule has 5 nitrogen and oxygen atoms in total. The van der Waals surface area contributed by atoms with Gasteiger partial charge in [0.05, 0.1) is 6.61 Å². The largest absolute Gasteiger partial charge is 0.467 e. The predicted molar refractivity (Wildman–Crippen MR) is 124 cm³/mol. The molecule has 0 saturated carbocycles. The molecule has 2 aromatic rings. The molecule has 0 amide bonds. The van der Waals surface area contributed by atoms with E-state index in [9.17, 15) is 22.4 Å². The Morgan fingerprint density at radius 2 is 1.77 bits per heavy atom. The highest BCUT2D eigenvalue weighted by molar-refractivity contribution is 9.10. The maximum atomic E-state index is 15.2. The number of rotatable bonds is 11. The zero-order valence-corrected chi connectivity index (χ0v) is 21.2. The summed E-state index contributed by atoms with van der Waals surface area (Å²) < 4.78 is 87.1. The maximum absolute atomic E-state index is 15.2. The summed E-state index contributed by atoms with van der Waals surface area (Å²) >= 11 is 3.28. The van der Waals surface area contributed by atoms with Crippen LogP contribution in [-0.4, -0.2) is 44.4 Å². The fourth-order valence-corrected chi connectivity index (χ4v) is 3.77. The number of alkyl halides is 4. The summed E-state index contributed by atoms with van der Waals surface area (Å²) in [5, 5.41) is 2.13. The maximum Gasteiger partial charge on any atom is 0.407 e. The van der Waals surface area contributed by atoms with E-state index < -0.39 is 47.7 Å². The lowest BCUT2D eigenvalue weighted by Crippen LogP contribution is -2.47. The molecule has 0 aliphatic rings. The molecule has 0 heterocycles. The Balaban J connectivity index is 2.47. The Bertz CT molecular complexity index is 1010. The Labute approximate surface area is 209 Å². The van der Waals surface area contributed by atoms with Crippen LogP contribution in [0, 0.1) is 5.82 Å². The lowest BCUT2D eigenvalue weighted by molar-refractivity contribution is -0.165. The second-order valence-electron chi connectivity index (χ2n) is 8.30. The van der Waals surface area contributed by atoms with E-state index in [1.807, 2.05) is 0 Å². The van der Waals surface area contributed by atoms with Crippen LogP contribution in [0.4, 0.5) is 22.0 Å². The van der Waals surface area contributed by atoms with E-state index in [1.54, 1.807) is 18.2 Å². The van der Waals surface area contributed by atoms with Crippen molar-refractivity contribution < 1.29 is 41.0 Å². The van der Waals surface area contributed by atoms with Gasteiger partial charge in [-0.3, -0.25) is 10.1 Å². The van der Waals surface area contributed by atoms with Crippen LogP contribution in [-0.2, 0) is 14.3 Å². The quantitative estimate of drug-likeness (QED) is 0.191. The molecule has 2 rings (SSSR count). The molecular weight excluding hydrogens is 541 g/mol. The zero-order valence-electron chi connectivity index (χ0n) is 19.6. The van der Waals surface area contributed by atoms with Gasteiger partial charge in [0.25, 0.3) is 0 Å². The molecule has 0 aliphatic heterocycles.